The molecule has 0 saturated carbocycles. The lowest BCUT2D eigenvalue weighted by atomic mass is 9.82. The molecule has 0 bridgehead atoms. The molecule has 9 nitrogen and oxygen atoms in total. The van der Waals surface area contributed by atoms with Gasteiger partial charge >= 0.3 is 0 Å². The average molecular weight is 404 g/mol. The van der Waals surface area contributed by atoms with Gasteiger partial charge in [0.1, 0.15) is 0 Å². The number of piperidine rings is 1. The van der Waals surface area contributed by atoms with E-state index in [0.29, 0.717) is 17.3 Å². The van der Waals surface area contributed by atoms with E-state index in [0.717, 1.165) is 49.1 Å². The molecule has 5 heterocycles. The Balaban J connectivity index is 1.40. The summed E-state index contributed by atoms with van der Waals surface area (Å²) in [7, 11) is 0. The van der Waals surface area contributed by atoms with Crippen LogP contribution in [0, 0.1) is 26.7 Å². The summed E-state index contributed by atoms with van der Waals surface area (Å²) < 4.78 is 1.55. The van der Waals surface area contributed by atoms with Crippen molar-refractivity contribution in [3.63, 3.8) is 0 Å². The van der Waals surface area contributed by atoms with Crippen molar-refractivity contribution in [2.45, 2.75) is 33.2 Å². The van der Waals surface area contributed by atoms with Crippen LogP contribution in [0.2, 0.25) is 0 Å². The van der Waals surface area contributed by atoms with Crippen LogP contribution in [0.15, 0.2) is 30.6 Å². The minimum absolute atomic E-state index is 0.0163. The Morgan fingerprint density at radius 1 is 1.03 bits per heavy atom. The van der Waals surface area contributed by atoms with E-state index in [1.54, 1.807) is 17.1 Å². The van der Waals surface area contributed by atoms with Gasteiger partial charge in [-0.15, -0.1) is 5.10 Å². The largest absolute Gasteiger partial charge is 0.339 e. The average Bonchev–Trinajstić information content (AvgIpc) is 3.22. The van der Waals surface area contributed by atoms with E-state index < -0.39 is 0 Å². The van der Waals surface area contributed by atoms with Crippen LogP contribution in [0.1, 0.15) is 33.9 Å². The molecule has 0 aromatic carbocycles. The minimum Gasteiger partial charge on any atom is -0.339 e. The first kappa shape index (κ1) is 18.7. The number of aryl methyl sites for hydroxylation is 3. The summed E-state index contributed by atoms with van der Waals surface area (Å²) in [6, 6.07) is 5.83. The third-order valence-electron chi connectivity index (χ3n) is 5.95. The Morgan fingerprint density at radius 3 is 2.57 bits per heavy atom. The summed E-state index contributed by atoms with van der Waals surface area (Å²) in [5, 5.41) is 7.89. The van der Waals surface area contributed by atoms with Gasteiger partial charge in [0.15, 0.2) is 5.82 Å². The van der Waals surface area contributed by atoms with Crippen LogP contribution in [0.5, 0.6) is 0 Å². The third kappa shape index (κ3) is 3.20. The van der Waals surface area contributed by atoms with Gasteiger partial charge in [0.05, 0.1) is 24.0 Å². The fourth-order valence-corrected chi connectivity index (χ4v) is 4.42. The van der Waals surface area contributed by atoms with Crippen molar-refractivity contribution < 1.29 is 4.79 Å². The zero-order valence-electron chi connectivity index (χ0n) is 17.4. The Labute approximate surface area is 174 Å². The van der Waals surface area contributed by atoms with Crippen LogP contribution in [-0.2, 0) is 0 Å². The maximum atomic E-state index is 13.4. The number of amides is 1. The highest BCUT2D eigenvalue weighted by Gasteiger charge is 2.46. The number of rotatable bonds is 3. The van der Waals surface area contributed by atoms with E-state index >= 15 is 0 Å². The number of hydrogen-bond donors (Lipinski definition) is 0. The van der Waals surface area contributed by atoms with Gasteiger partial charge in [-0.3, -0.25) is 4.79 Å². The molecule has 2 atom stereocenters. The maximum Gasteiger partial charge on any atom is 0.258 e. The Kier molecular flexibility index (Phi) is 4.45. The monoisotopic (exact) mass is 404 g/mol. The molecule has 9 heteroatoms. The fraction of sp³-hybridized carbons (Fsp3) is 0.429. The normalized spacial score (nSPS) is 20.6. The molecule has 154 valence electrons. The van der Waals surface area contributed by atoms with E-state index in [1.165, 1.54) is 0 Å². The number of hydrogen-bond acceptors (Lipinski definition) is 7. The number of anilines is 1. The van der Waals surface area contributed by atoms with E-state index in [9.17, 15) is 4.79 Å². The van der Waals surface area contributed by atoms with Gasteiger partial charge in [-0.25, -0.2) is 19.6 Å². The van der Waals surface area contributed by atoms with Crippen molar-refractivity contribution in [1.29, 1.82) is 0 Å². The molecule has 2 fully saturated rings. The molecule has 2 saturated heterocycles. The van der Waals surface area contributed by atoms with Gasteiger partial charge in [0.2, 0.25) is 5.95 Å². The molecule has 0 aliphatic carbocycles. The highest BCUT2D eigenvalue weighted by molar-refractivity contribution is 5.98. The number of aromatic nitrogens is 6. The van der Waals surface area contributed by atoms with Crippen LogP contribution in [0.4, 0.5) is 5.95 Å². The van der Waals surface area contributed by atoms with Gasteiger partial charge in [-0.1, -0.05) is 5.21 Å². The molecular formula is C21H24N8O. The molecule has 2 aliphatic heterocycles. The second-order valence-electron chi connectivity index (χ2n) is 8.14. The van der Waals surface area contributed by atoms with Crippen molar-refractivity contribution in [2.75, 3.05) is 24.5 Å². The fourth-order valence-electron chi connectivity index (χ4n) is 4.42. The van der Waals surface area contributed by atoms with Crippen molar-refractivity contribution in [1.82, 2.24) is 34.8 Å². The number of carbonyl (C=O) groups is 1. The molecule has 2 unspecified atom stereocenters. The van der Waals surface area contributed by atoms with Crippen molar-refractivity contribution in [3.05, 3.63) is 53.2 Å². The van der Waals surface area contributed by atoms with Crippen LogP contribution in [0.3, 0.4) is 0 Å². The lowest BCUT2D eigenvalue weighted by Gasteiger charge is -2.53. The summed E-state index contributed by atoms with van der Waals surface area (Å²) in [5.74, 6) is 1.78. The van der Waals surface area contributed by atoms with Crippen LogP contribution >= 0.6 is 0 Å². The molecule has 30 heavy (non-hydrogen) atoms. The molecule has 2 aliphatic rings. The number of pyridine rings is 1. The topological polar surface area (TPSA) is 92.9 Å². The van der Waals surface area contributed by atoms with Crippen molar-refractivity contribution in [3.8, 4) is 5.82 Å². The predicted octanol–water partition coefficient (Wildman–Crippen LogP) is 1.73. The first-order chi connectivity index (χ1) is 14.5. The molecule has 0 radical (unpaired) electrons. The standard InChI is InChI=1S/C21H24N8O/c1-13-4-5-17(19(23-13)29-9-7-22-26-29)20(30)28-11-16-6-8-27(12-18(16)28)21-24-14(2)10-15(3)25-21/h4-5,7,9-10,16,18H,6,8,11-12H2,1-3H3. The lowest BCUT2D eigenvalue weighted by molar-refractivity contribution is 0.00763. The zero-order valence-corrected chi connectivity index (χ0v) is 17.4. The van der Waals surface area contributed by atoms with E-state index in [4.69, 9.17) is 0 Å². The van der Waals surface area contributed by atoms with Gasteiger partial charge in [-0.2, -0.15) is 0 Å². The SMILES string of the molecule is Cc1cc(C)nc(N2CCC3CN(C(=O)c4ccc(C)nc4-n4ccnn4)C3C2)n1. The Morgan fingerprint density at radius 2 is 1.83 bits per heavy atom. The van der Waals surface area contributed by atoms with Gasteiger partial charge in [0.25, 0.3) is 5.91 Å². The molecule has 1 amide bonds. The smallest absolute Gasteiger partial charge is 0.258 e. The first-order valence-electron chi connectivity index (χ1n) is 10.2. The van der Waals surface area contributed by atoms with Crippen molar-refractivity contribution in [2.24, 2.45) is 5.92 Å². The highest BCUT2D eigenvalue weighted by Crippen LogP contribution is 2.35. The van der Waals surface area contributed by atoms with Gasteiger partial charge < -0.3 is 9.80 Å². The van der Waals surface area contributed by atoms with E-state index in [-0.39, 0.29) is 11.9 Å². The van der Waals surface area contributed by atoms with Crippen molar-refractivity contribution >= 4 is 11.9 Å². The minimum atomic E-state index is -0.0163. The molecule has 5 rings (SSSR count). The third-order valence-corrected chi connectivity index (χ3v) is 5.95. The number of likely N-dealkylation sites (tertiary alicyclic amines) is 1. The maximum absolute atomic E-state index is 13.4. The second kappa shape index (κ2) is 7.16. The molecule has 0 N–H and O–H groups in total. The summed E-state index contributed by atoms with van der Waals surface area (Å²) in [5.41, 5.74) is 3.30. The lowest BCUT2D eigenvalue weighted by Crippen LogP contribution is -2.66. The summed E-state index contributed by atoms with van der Waals surface area (Å²) >= 11 is 0. The van der Waals surface area contributed by atoms with Gasteiger partial charge in [-0.05, 0) is 45.4 Å². The second-order valence-corrected chi connectivity index (χ2v) is 8.14. The molecule has 0 spiro atoms. The number of nitrogens with zero attached hydrogens (tertiary/aromatic N) is 8. The van der Waals surface area contributed by atoms with Crippen LogP contribution in [-0.4, -0.2) is 66.4 Å². The zero-order chi connectivity index (χ0) is 20.8. The summed E-state index contributed by atoms with van der Waals surface area (Å²) in [6.45, 7) is 8.31. The number of carbonyl (C=O) groups excluding carboxylic acids is 1. The Hall–Kier alpha value is -3.36. The number of fused-ring (bicyclic) bond motifs is 1. The van der Waals surface area contributed by atoms with Crippen LogP contribution in [0.25, 0.3) is 5.82 Å². The molecule has 3 aromatic heterocycles. The highest BCUT2D eigenvalue weighted by atomic mass is 16.2. The molecule has 3 aromatic rings. The quantitative estimate of drug-likeness (QED) is 0.656. The first-order valence-corrected chi connectivity index (χ1v) is 10.2. The van der Waals surface area contributed by atoms with Crippen LogP contribution < -0.4 is 4.90 Å². The predicted molar refractivity (Wildman–Crippen MR) is 111 cm³/mol. The van der Waals surface area contributed by atoms with Gasteiger partial charge in [0, 0.05) is 42.6 Å². The summed E-state index contributed by atoms with van der Waals surface area (Å²) in [4.78, 5) is 31.4. The van der Waals surface area contributed by atoms with E-state index in [2.05, 4.69) is 30.2 Å². The summed E-state index contributed by atoms with van der Waals surface area (Å²) in [6.07, 6.45) is 4.32. The van der Waals surface area contributed by atoms with E-state index in [1.807, 2.05) is 43.9 Å². The Bertz CT molecular complexity index is 1080. The molecular weight excluding hydrogens is 380 g/mol.